The Morgan fingerprint density at radius 2 is 1.69 bits per heavy atom. The van der Waals surface area contributed by atoms with Crippen LogP contribution in [0, 0.1) is 20.8 Å². The van der Waals surface area contributed by atoms with E-state index in [0.717, 1.165) is 0 Å². The first kappa shape index (κ1) is 9.72. The minimum absolute atomic E-state index is 1.20. The Hall–Kier alpha value is -1.37. The lowest BCUT2D eigenvalue weighted by Gasteiger charge is -2.05. The fraction of sp³-hybridized carbons (Fsp3) is 0.250. The van der Waals surface area contributed by atoms with Crippen molar-refractivity contribution in [3.8, 4) is 0 Å². The zero-order chi connectivity index (χ0) is 9.84. The van der Waals surface area contributed by atoms with Crippen LogP contribution in [0.2, 0.25) is 0 Å². The summed E-state index contributed by atoms with van der Waals surface area (Å²) in [4.78, 5) is 4.03. The highest BCUT2D eigenvalue weighted by Crippen LogP contribution is 2.14. The van der Waals surface area contributed by atoms with Gasteiger partial charge in [-0.1, -0.05) is 24.3 Å². The van der Waals surface area contributed by atoms with E-state index in [9.17, 15) is 0 Å². The molecule has 0 aliphatic carbocycles. The fourth-order valence-corrected chi connectivity index (χ4v) is 1.52. The summed E-state index contributed by atoms with van der Waals surface area (Å²) in [6.45, 7) is 9.86. The normalized spacial score (nSPS) is 10.7. The Bertz CT molecular complexity index is 325. The van der Waals surface area contributed by atoms with E-state index in [4.69, 9.17) is 0 Å². The van der Waals surface area contributed by atoms with Crippen molar-refractivity contribution in [3.05, 3.63) is 47.2 Å². The van der Waals surface area contributed by atoms with Gasteiger partial charge in [0, 0.05) is 12.4 Å². The number of aryl methyl sites for hydroxylation is 3. The molecule has 0 bridgehead atoms. The van der Waals surface area contributed by atoms with Gasteiger partial charge in [0.25, 0.3) is 0 Å². The average Bonchev–Trinajstić information content (AvgIpc) is 2.02. The summed E-state index contributed by atoms with van der Waals surface area (Å²) in [7, 11) is 0. The van der Waals surface area contributed by atoms with E-state index in [1.54, 1.807) is 6.20 Å². The molecular weight excluding hydrogens is 158 g/mol. The van der Waals surface area contributed by atoms with Crippen LogP contribution < -0.4 is 0 Å². The van der Waals surface area contributed by atoms with E-state index >= 15 is 0 Å². The Labute approximate surface area is 79.8 Å². The van der Waals surface area contributed by atoms with Crippen LogP contribution in [0.1, 0.15) is 22.3 Å². The van der Waals surface area contributed by atoms with Crippen LogP contribution in [0.25, 0.3) is 0 Å². The molecule has 0 saturated carbocycles. The van der Waals surface area contributed by atoms with Gasteiger partial charge in [0.05, 0.1) is 0 Å². The van der Waals surface area contributed by atoms with Gasteiger partial charge in [0.1, 0.15) is 0 Å². The third kappa shape index (κ3) is 2.28. The molecule has 0 heterocycles. The molecule has 0 N–H and O–H groups in total. The zero-order valence-corrected chi connectivity index (χ0v) is 8.46. The third-order valence-corrected chi connectivity index (χ3v) is 2.05. The topological polar surface area (TPSA) is 12.4 Å². The molecule has 1 nitrogen and oxygen atoms in total. The van der Waals surface area contributed by atoms with Crippen molar-refractivity contribution >= 4 is 6.21 Å². The van der Waals surface area contributed by atoms with Crippen molar-refractivity contribution in [2.75, 3.05) is 0 Å². The van der Waals surface area contributed by atoms with Gasteiger partial charge in [-0.25, -0.2) is 0 Å². The van der Waals surface area contributed by atoms with E-state index in [2.05, 4.69) is 44.5 Å². The molecular formula is C12H15N. The van der Waals surface area contributed by atoms with Gasteiger partial charge < -0.3 is 0 Å². The number of hydrogen-bond donors (Lipinski definition) is 0. The Kier molecular flexibility index (Phi) is 3.02. The lowest BCUT2D eigenvalue weighted by atomic mass is 10.0. The van der Waals surface area contributed by atoms with E-state index in [1.807, 2.05) is 6.21 Å². The average molecular weight is 173 g/mol. The maximum atomic E-state index is 4.03. The number of nitrogens with zero attached hydrogens (tertiary/aromatic N) is 1. The second-order valence-electron chi connectivity index (χ2n) is 3.27. The molecule has 68 valence electrons. The predicted molar refractivity (Wildman–Crippen MR) is 58.4 cm³/mol. The molecule has 1 aromatic rings. The minimum atomic E-state index is 1.20. The summed E-state index contributed by atoms with van der Waals surface area (Å²) < 4.78 is 0. The third-order valence-electron chi connectivity index (χ3n) is 2.05. The Morgan fingerprint density at radius 3 is 2.15 bits per heavy atom. The highest BCUT2D eigenvalue weighted by Gasteiger charge is 1.99. The first-order valence-corrected chi connectivity index (χ1v) is 4.37. The molecule has 0 aromatic heterocycles. The van der Waals surface area contributed by atoms with Crippen molar-refractivity contribution in [1.29, 1.82) is 0 Å². The molecule has 0 radical (unpaired) electrons. The summed E-state index contributed by atoms with van der Waals surface area (Å²) in [5.41, 5.74) is 5.03. The van der Waals surface area contributed by atoms with Crippen molar-refractivity contribution < 1.29 is 0 Å². The molecule has 0 fully saturated rings. The number of hydrogen-bond acceptors (Lipinski definition) is 1. The van der Waals surface area contributed by atoms with Crippen LogP contribution in [-0.2, 0) is 0 Å². The van der Waals surface area contributed by atoms with E-state index in [1.165, 1.54) is 22.3 Å². The predicted octanol–water partition coefficient (Wildman–Crippen LogP) is 3.17. The highest BCUT2D eigenvalue weighted by molar-refractivity contribution is 5.84. The number of benzene rings is 1. The van der Waals surface area contributed by atoms with Crippen LogP contribution in [0.3, 0.4) is 0 Å². The number of aliphatic imine (C=N–C) groups is 1. The summed E-state index contributed by atoms with van der Waals surface area (Å²) in [5.74, 6) is 0. The second-order valence-corrected chi connectivity index (χ2v) is 3.27. The van der Waals surface area contributed by atoms with Crippen molar-refractivity contribution in [2.24, 2.45) is 4.99 Å². The van der Waals surface area contributed by atoms with Crippen LogP contribution in [-0.4, -0.2) is 6.21 Å². The van der Waals surface area contributed by atoms with Gasteiger partial charge in [0.15, 0.2) is 0 Å². The minimum Gasteiger partial charge on any atom is -0.265 e. The van der Waals surface area contributed by atoms with E-state index in [0.29, 0.717) is 0 Å². The zero-order valence-electron chi connectivity index (χ0n) is 8.46. The molecule has 0 unspecified atom stereocenters. The quantitative estimate of drug-likeness (QED) is 0.609. The molecule has 13 heavy (non-hydrogen) atoms. The molecule has 0 aliphatic heterocycles. The molecule has 1 aromatic carbocycles. The van der Waals surface area contributed by atoms with Gasteiger partial charge in [-0.15, -0.1) is 0 Å². The van der Waals surface area contributed by atoms with Crippen LogP contribution in [0.5, 0.6) is 0 Å². The second kappa shape index (κ2) is 4.04. The monoisotopic (exact) mass is 173 g/mol. The molecule has 1 heteroatoms. The summed E-state index contributed by atoms with van der Waals surface area (Å²) in [5, 5.41) is 0. The van der Waals surface area contributed by atoms with Crippen molar-refractivity contribution in [1.82, 2.24) is 0 Å². The molecule has 0 amide bonds. The number of rotatable bonds is 2. The Morgan fingerprint density at radius 1 is 1.15 bits per heavy atom. The smallest absolute Gasteiger partial charge is 0.0345 e. The summed E-state index contributed by atoms with van der Waals surface area (Å²) >= 11 is 0. The largest absolute Gasteiger partial charge is 0.265 e. The lowest BCUT2D eigenvalue weighted by Crippen LogP contribution is -1.92. The standard InChI is InChI=1S/C12H15N/c1-5-13-8-12-10(3)6-9(2)7-11(12)4/h5-8H,1H2,2-4H3. The molecule has 0 spiro atoms. The lowest BCUT2D eigenvalue weighted by molar-refractivity contribution is 1.30. The summed E-state index contributed by atoms with van der Waals surface area (Å²) in [6.07, 6.45) is 3.41. The molecule has 0 atom stereocenters. The van der Waals surface area contributed by atoms with Gasteiger partial charge >= 0.3 is 0 Å². The van der Waals surface area contributed by atoms with E-state index in [-0.39, 0.29) is 0 Å². The molecule has 1 rings (SSSR count). The molecule has 0 saturated heterocycles. The van der Waals surface area contributed by atoms with Gasteiger partial charge in [-0.05, 0) is 37.5 Å². The maximum absolute atomic E-state index is 4.03. The van der Waals surface area contributed by atoms with Crippen molar-refractivity contribution in [2.45, 2.75) is 20.8 Å². The molecule has 0 aliphatic rings. The van der Waals surface area contributed by atoms with E-state index < -0.39 is 0 Å². The first-order valence-electron chi connectivity index (χ1n) is 4.37. The van der Waals surface area contributed by atoms with Gasteiger partial charge in [0.2, 0.25) is 0 Å². The van der Waals surface area contributed by atoms with Crippen LogP contribution in [0.15, 0.2) is 29.9 Å². The van der Waals surface area contributed by atoms with Gasteiger partial charge in [-0.2, -0.15) is 0 Å². The highest BCUT2D eigenvalue weighted by atomic mass is 14.7. The van der Waals surface area contributed by atoms with Crippen LogP contribution >= 0.6 is 0 Å². The van der Waals surface area contributed by atoms with Crippen LogP contribution in [0.4, 0.5) is 0 Å². The first-order chi connectivity index (χ1) is 6.15. The SMILES string of the molecule is C=CN=Cc1c(C)cc(C)cc1C. The maximum Gasteiger partial charge on any atom is 0.0345 e. The van der Waals surface area contributed by atoms with Crippen molar-refractivity contribution in [3.63, 3.8) is 0 Å². The summed E-state index contributed by atoms with van der Waals surface area (Å²) in [6, 6.07) is 4.33. The Balaban J connectivity index is 3.20. The van der Waals surface area contributed by atoms with Gasteiger partial charge in [-0.3, -0.25) is 4.99 Å². The fourth-order valence-electron chi connectivity index (χ4n) is 1.52.